The lowest BCUT2D eigenvalue weighted by Gasteiger charge is -2.15. The van der Waals surface area contributed by atoms with Gasteiger partial charge in [-0.05, 0) is 12.3 Å². The molecule has 1 heterocycles. The van der Waals surface area contributed by atoms with E-state index in [2.05, 4.69) is 10.4 Å². The van der Waals surface area contributed by atoms with Gasteiger partial charge in [-0.25, -0.2) is 4.68 Å². The maximum atomic E-state index is 11.9. The minimum absolute atomic E-state index is 0.131. The second kappa shape index (κ2) is 6.87. The van der Waals surface area contributed by atoms with Gasteiger partial charge in [-0.3, -0.25) is 4.79 Å². The Morgan fingerprint density at radius 2 is 2.37 bits per heavy atom. The van der Waals surface area contributed by atoms with Crippen molar-refractivity contribution in [2.75, 3.05) is 11.9 Å². The molecule has 0 radical (unpaired) electrons. The van der Waals surface area contributed by atoms with Crippen LogP contribution in [-0.4, -0.2) is 33.4 Å². The zero-order valence-electron chi connectivity index (χ0n) is 11.1. The van der Waals surface area contributed by atoms with Gasteiger partial charge in [-0.2, -0.15) is 10.4 Å². The van der Waals surface area contributed by atoms with E-state index in [1.807, 2.05) is 19.9 Å². The van der Waals surface area contributed by atoms with Crippen LogP contribution in [0.3, 0.4) is 0 Å². The van der Waals surface area contributed by atoms with E-state index >= 15 is 0 Å². The molecule has 7 nitrogen and oxygen atoms in total. The van der Waals surface area contributed by atoms with Gasteiger partial charge >= 0.3 is 0 Å². The van der Waals surface area contributed by atoms with Crippen LogP contribution < -0.4 is 11.1 Å². The van der Waals surface area contributed by atoms with E-state index in [1.54, 1.807) is 0 Å². The largest absolute Gasteiger partial charge is 0.394 e. The maximum Gasteiger partial charge on any atom is 0.242 e. The van der Waals surface area contributed by atoms with Gasteiger partial charge in [0.15, 0.2) is 0 Å². The van der Waals surface area contributed by atoms with Crippen molar-refractivity contribution in [3.05, 3.63) is 11.8 Å². The van der Waals surface area contributed by atoms with Crippen molar-refractivity contribution < 1.29 is 9.90 Å². The van der Waals surface area contributed by atoms with E-state index in [-0.39, 0.29) is 30.4 Å². The summed E-state index contributed by atoms with van der Waals surface area (Å²) in [4.78, 5) is 11.9. The molecule has 0 aliphatic rings. The van der Waals surface area contributed by atoms with Crippen molar-refractivity contribution >= 4 is 11.7 Å². The van der Waals surface area contributed by atoms with Gasteiger partial charge in [0.25, 0.3) is 0 Å². The predicted molar refractivity (Wildman–Crippen MR) is 70.1 cm³/mol. The third-order valence-electron chi connectivity index (χ3n) is 2.58. The van der Waals surface area contributed by atoms with E-state index in [4.69, 9.17) is 16.1 Å². The van der Waals surface area contributed by atoms with Crippen LogP contribution in [0, 0.1) is 17.2 Å². The summed E-state index contributed by atoms with van der Waals surface area (Å²) >= 11 is 0. The third-order valence-corrected chi connectivity index (χ3v) is 2.58. The van der Waals surface area contributed by atoms with Gasteiger partial charge in [-0.1, -0.05) is 13.8 Å². The van der Waals surface area contributed by atoms with Crippen LogP contribution in [0.15, 0.2) is 6.20 Å². The van der Waals surface area contributed by atoms with E-state index in [9.17, 15) is 4.79 Å². The fraction of sp³-hybridized carbons (Fsp3) is 0.583. The summed E-state index contributed by atoms with van der Waals surface area (Å²) in [6.45, 7) is 4.03. The maximum absolute atomic E-state index is 11.9. The lowest BCUT2D eigenvalue weighted by Crippen LogP contribution is -2.37. The number of aromatic nitrogens is 2. The molecule has 1 atom stereocenters. The minimum Gasteiger partial charge on any atom is -0.394 e. The van der Waals surface area contributed by atoms with Gasteiger partial charge in [0.2, 0.25) is 5.91 Å². The van der Waals surface area contributed by atoms with E-state index in [1.165, 1.54) is 10.9 Å². The molecule has 19 heavy (non-hydrogen) atoms. The normalized spacial score (nSPS) is 12.2. The first-order valence-corrected chi connectivity index (χ1v) is 6.12. The Hall–Kier alpha value is -1.91. The number of carbonyl (C=O) groups excluding carboxylic acids is 1. The van der Waals surface area contributed by atoms with Crippen LogP contribution >= 0.6 is 0 Å². The van der Waals surface area contributed by atoms with Crippen molar-refractivity contribution in [2.45, 2.75) is 32.9 Å². The SMILES string of the molecule is CC(C)C[C@H](N)C(=O)Nc1c(C#N)cnn1CCO. The number of nitrogens with two attached hydrogens (primary N) is 1. The minimum atomic E-state index is -0.635. The molecule has 4 N–H and O–H groups in total. The highest BCUT2D eigenvalue weighted by Gasteiger charge is 2.19. The monoisotopic (exact) mass is 265 g/mol. The van der Waals surface area contributed by atoms with Crippen LogP contribution in [0.2, 0.25) is 0 Å². The molecule has 1 aromatic rings. The first-order chi connectivity index (χ1) is 8.99. The van der Waals surface area contributed by atoms with Crippen LogP contribution in [0.25, 0.3) is 0 Å². The number of rotatable bonds is 6. The number of aliphatic hydroxyl groups excluding tert-OH is 1. The van der Waals surface area contributed by atoms with E-state index < -0.39 is 6.04 Å². The molecule has 0 spiro atoms. The lowest BCUT2D eigenvalue weighted by molar-refractivity contribution is -0.117. The number of nitriles is 1. The van der Waals surface area contributed by atoms with Crippen LogP contribution in [0.1, 0.15) is 25.8 Å². The first kappa shape index (κ1) is 15.1. The Labute approximate surface area is 112 Å². The summed E-state index contributed by atoms with van der Waals surface area (Å²) in [6, 6.07) is 1.30. The highest BCUT2D eigenvalue weighted by Crippen LogP contribution is 2.15. The van der Waals surface area contributed by atoms with Crippen molar-refractivity contribution in [1.29, 1.82) is 5.26 Å². The molecule has 1 amide bonds. The van der Waals surface area contributed by atoms with Crippen LogP contribution in [0.5, 0.6) is 0 Å². The second-order valence-electron chi connectivity index (χ2n) is 4.69. The number of carbonyl (C=O) groups is 1. The quantitative estimate of drug-likeness (QED) is 0.672. The molecule has 1 aromatic heterocycles. The molecular weight excluding hydrogens is 246 g/mol. The molecule has 0 unspecified atom stereocenters. The third kappa shape index (κ3) is 4.05. The Kier molecular flexibility index (Phi) is 5.48. The molecule has 1 rings (SSSR count). The van der Waals surface area contributed by atoms with Crippen molar-refractivity contribution in [1.82, 2.24) is 9.78 Å². The summed E-state index contributed by atoms with van der Waals surface area (Å²) in [5.41, 5.74) is 6.02. The Balaban J connectivity index is 2.83. The lowest BCUT2D eigenvalue weighted by atomic mass is 10.0. The van der Waals surface area contributed by atoms with E-state index in [0.29, 0.717) is 12.3 Å². The topological polar surface area (TPSA) is 117 Å². The number of aliphatic hydroxyl groups is 1. The van der Waals surface area contributed by atoms with Crippen LogP contribution in [0.4, 0.5) is 5.82 Å². The van der Waals surface area contributed by atoms with E-state index in [0.717, 1.165) is 0 Å². The molecule has 0 aliphatic carbocycles. The zero-order chi connectivity index (χ0) is 14.4. The van der Waals surface area contributed by atoms with Crippen molar-refractivity contribution in [3.8, 4) is 6.07 Å². The molecule has 104 valence electrons. The number of hydrogen-bond acceptors (Lipinski definition) is 5. The Morgan fingerprint density at radius 3 is 2.89 bits per heavy atom. The standard InChI is InChI=1S/C12H19N5O2/c1-8(2)5-10(14)12(19)16-11-9(6-13)7-15-17(11)3-4-18/h7-8,10,18H,3-5,14H2,1-2H3,(H,16,19)/t10-/m0/s1. The summed E-state index contributed by atoms with van der Waals surface area (Å²) in [5, 5.41) is 24.4. The molecule has 0 aromatic carbocycles. The number of anilines is 1. The summed E-state index contributed by atoms with van der Waals surface area (Å²) in [6.07, 6.45) is 1.90. The molecule has 0 aliphatic heterocycles. The van der Waals surface area contributed by atoms with Crippen LogP contribution in [-0.2, 0) is 11.3 Å². The average Bonchev–Trinajstić information content (AvgIpc) is 2.71. The second-order valence-corrected chi connectivity index (χ2v) is 4.69. The van der Waals surface area contributed by atoms with Gasteiger partial charge in [0.1, 0.15) is 17.5 Å². The Morgan fingerprint density at radius 1 is 1.68 bits per heavy atom. The Bertz CT molecular complexity index is 475. The van der Waals surface area contributed by atoms with Crippen molar-refractivity contribution in [2.24, 2.45) is 11.7 Å². The predicted octanol–water partition coefficient (Wildman–Crippen LogP) is 0.0590. The molecule has 0 fully saturated rings. The fourth-order valence-corrected chi connectivity index (χ4v) is 1.69. The number of nitrogens with one attached hydrogen (secondary N) is 1. The summed E-state index contributed by atoms with van der Waals surface area (Å²) in [7, 11) is 0. The van der Waals surface area contributed by atoms with Gasteiger partial charge in [0.05, 0.1) is 25.4 Å². The highest BCUT2D eigenvalue weighted by atomic mass is 16.3. The smallest absolute Gasteiger partial charge is 0.242 e. The van der Waals surface area contributed by atoms with Gasteiger partial charge < -0.3 is 16.2 Å². The molecule has 0 saturated heterocycles. The fourth-order valence-electron chi connectivity index (χ4n) is 1.69. The molecule has 0 saturated carbocycles. The zero-order valence-corrected chi connectivity index (χ0v) is 11.1. The number of hydrogen-bond donors (Lipinski definition) is 3. The summed E-state index contributed by atoms with van der Waals surface area (Å²) < 4.78 is 1.37. The summed E-state index contributed by atoms with van der Waals surface area (Å²) in [5.74, 6) is 0.226. The number of amides is 1. The molecule has 0 bridgehead atoms. The van der Waals surface area contributed by atoms with Gasteiger partial charge in [-0.15, -0.1) is 0 Å². The first-order valence-electron chi connectivity index (χ1n) is 6.12. The number of nitrogens with zero attached hydrogens (tertiary/aromatic N) is 3. The molecule has 7 heteroatoms. The molecular formula is C12H19N5O2. The highest BCUT2D eigenvalue weighted by molar-refractivity contribution is 5.94. The van der Waals surface area contributed by atoms with Crippen molar-refractivity contribution in [3.63, 3.8) is 0 Å². The van der Waals surface area contributed by atoms with Gasteiger partial charge in [0, 0.05) is 0 Å². The average molecular weight is 265 g/mol.